The molecule has 2 aromatic carbocycles. The Morgan fingerprint density at radius 2 is 2.00 bits per heavy atom. The van der Waals surface area contributed by atoms with Crippen molar-refractivity contribution < 1.29 is 0 Å². The summed E-state index contributed by atoms with van der Waals surface area (Å²) in [5, 5.41) is 3.41. The first-order valence-electron chi connectivity index (χ1n) is 6.22. The van der Waals surface area contributed by atoms with E-state index in [-0.39, 0.29) is 0 Å². The SMILES string of the molecule is Brc1cccc(NCCn2cnc3ccccc32)c1. The van der Waals surface area contributed by atoms with E-state index in [9.17, 15) is 0 Å². The molecule has 96 valence electrons. The molecular formula is C15H14BrN3. The second kappa shape index (κ2) is 5.45. The molecule has 0 aliphatic heterocycles. The Hall–Kier alpha value is -1.81. The molecule has 1 N–H and O–H groups in total. The molecular weight excluding hydrogens is 302 g/mol. The number of halogens is 1. The van der Waals surface area contributed by atoms with Crippen molar-refractivity contribution in [2.75, 3.05) is 11.9 Å². The van der Waals surface area contributed by atoms with Gasteiger partial charge in [-0.05, 0) is 30.3 Å². The van der Waals surface area contributed by atoms with Gasteiger partial charge in [0.1, 0.15) is 0 Å². The van der Waals surface area contributed by atoms with E-state index in [0.717, 1.165) is 28.8 Å². The van der Waals surface area contributed by atoms with Crippen LogP contribution in [0.3, 0.4) is 0 Å². The largest absolute Gasteiger partial charge is 0.383 e. The van der Waals surface area contributed by atoms with Gasteiger partial charge in [0, 0.05) is 23.2 Å². The Kier molecular flexibility index (Phi) is 3.51. The van der Waals surface area contributed by atoms with Crippen molar-refractivity contribution in [3.05, 3.63) is 59.3 Å². The molecule has 19 heavy (non-hydrogen) atoms. The Bertz CT molecular complexity index is 690. The van der Waals surface area contributed by atoms with Crippen LogP contribution in [0.5, 0.6) is 0 Å². The molecule has 0 radical (unpaired) electrons. The molecule has 0 saturated carbocycles. The molecule has 3 nitrogen and oxygen atoms in total. The van der Waals surface area contributed by atoms with Gasteiger partial charge in [-0.3, -0.25) is 0 Å². The van der Waals surface area contributed by atoms with Gasteiger partial charge < -0.3 is 9.88 Å². The van der Waals surface area contributed by atoms with E-state index < -0.39 is 0 Å². The lowest BCUT2D eigenvalue weighted by Gasteiger charge is -2.08. The van der Waals surface area contributed by atoms with Crippen molar-refractivity contribution in [1.29, 1.82) is 0 Å². The topological polar surface area (TPSA) is 29.9 Å². The van der Waals surface area contributed by atoms with E-state index in [1.54, 1.807) is 0 Å². The van der Waals surface area contributed by atoms with Crippen LogP contribution in [0.15, 0.2) is 59.3 Å². The lowest BCUT2D eigenvalue weighted by atomic mass is 10.3. The quantitative estimate of drug-likeness (QED) is 0.791. The summed E-state index contributed by atoms with van der Waals surface area (Å²) in [6, 6.07) is 16.4. The Morgan fingerprint density at radius 3 is 2.89 bits per heavy atom. The van der Waals surface area contributed by atoms with E-state index >= 15 is 0 Å². The number of hydrogen-bond acceptors (Lipinski definition) is 2. The van der Waals surface area contributed by atoms with Gasteiger partial charge in [-0.15, -0.1) is 0 Å². The minimum Gasteiger partial charge on any atom is -0.383 e. The van der Waals surface area contributed by atoms with Crippen LogP contribution >= 0.6 is 15.9 Å². The van der Waals surface area contributed by atoms with Crippen LogP contribution in [-0.4, -0.2) is 16.1 Å². The third kappa shape index (κ3) is 2.79. The summed E-state index contributed by atoms with van der Waals surface area (Å²) in [5.74, 6) is 0. The number of benzene rings is 2. The number of aromatic nitrogens is 2. The van der Waals surface area contributed by atoms with Crippen LogP contribution in [0.4, 0.5) is 5.69 Å². The van der Waals surface area contributed by atoms with Gasteiger partial charge in [0.15, 0.2) is 0 Å². The Morgan fingerprint density at radius 1 is 1.11 bits per heavy atom. The van der Waals surface area contributed by atoms with E-state index in [0.29, 0.717) is 0 Å². The van der Waals surface area contributed by atoms with Crippen molar-refractivity contribution in [2.24, 2.45) is 0 Å². The lowest BCUT2D eigenvalue weighted by Crippen LogP contribution is -2.09. The molecule has 0 aliphatic carbocycles. The zero-order chi connectivity index (χ0) is 13.1. The summed E-state index contributed by atoms with van der Waals surface area (Å²) in [5.41, 5.74) is 3.35. The molecule has 0 atom stereocenters. The zero-order valence-corrected chi connectivity index (χ0v) is 12.0. The predicted octanol–water partition coefficient (Wildman–Crippen LogP) is 3.91. The van der Waals surface area contributed by atoms with Gasteiger partial charge in [-0.1, -0.05) is 34.1 Å². The number of nitrogens with one attached hydrogen (secondary N) is 1. The van der Waals surface area contributed by atoms with Crippen LogP contribution in [0.2, 0.25) is 0 Å². The van der Waals surface area contributed by atoms with Gasteiger partial charge in [-0.2, -0.15) is 0 Å². The van der Waals surface area contributed by atoms with E-state index in [1.165, 1.54) is 5.52 Å². The van der Waals surface area contributed by atoms with Crippen molar-refractivity contribution in [3.63, 3.8) is 0 Å². The van der Waals surface area contributed by atoms with Crippen molar-refractivity contribution >= 4 is 32.7 Å². The summed E-state index contributed by atoms with van der Waals surface area (Å²) < 4.78 is 3.26. The fraction of sp³-hybridized carbons (Fsp3) is 0.133. The Labute approximate surface area is 120 Å². The standard InChI is InChI=1S/C15H14BrN3/c16-12-4-3-5-13(10-12)17-8-9-19-11-18-14-6-1-2-7-15(14)19/h1-7,10-11,17H,8-9H2. The highest BCUT2D eigenvalue weighted by atomic mass is 79.9. The van der Waals surface area contributed by atoms with Crippen LogP contribution < -0.4 is 5.32 Å². The third-order valence-corrected chi connectivity index (χ3v) is 3.53. The third-order valence-electron chi connectivity index (χ3n) is 3.03. The maximum Gasteiger partial charge on any atom is 0.0958 e. The van der Waals surface area contributed by atoms with Gasteiger partial charge in [0.05, 0.1) is 17.4 Å². The van der Waals surface area contributed by atoms with Crippen molar-refractivity contribution in [2.45, 2.75) is 6.54 Å². The van der Waals surface area contributed by atoms with Gasteiger partial charge in [0.2, 0.25) is 0 Å². The number of para-hydroxylation sites is 2. The summed E-state index contributed by atoms with van der Waals surface area (Å²) in [6.07, 6.45) is 1.90. The van der Waals surface area contributed by atoms with E-state index in [4.69, 9.17) is 0 Å². The lowest BCUT2D eigenvalue weighted by molar-refractivity contribution is 0.749. The molecule has 1 aromatic heterocycles. The first-order chi connectivity index (χ1) is 9.33. The number of nitrogens with zero attached hydrogens (tertiary/aromatic N) is 2. The summed E-state index contributed by atoms with van der Waals surface area (Å²) in [7, 11) is 0. The monoisotopic (exact) mass is 315 g/mol. The highest BCUT2D eigenvalue weighted by Gasteiger charge is 2.00. The molecule has 0 spiro atoms. The maximum atomic E-state index is 4.39. The van der Waals surface area contributed by atoms with E-state index in [2.05, 4.69) is 49.0 Å². The second-order valence-electron chi connectivity index (χ2n) is 4.36. The number of imidazole rings is 1. The molecule has 0 bridgehead atoms. The van der Waals surface area contributed by atoms with E-state index in [1.807, 2.05) is 36.7 Å². The van der Waals surface area contributed by atoms with Crippen LogP contribution in [-0.2, 0) is 6.54 Å². The normalized spacial score (nSPS) is 10.8. The molecule has 1 heterocycles. The average Bonchev–Trinajstić information content (AvgIpc) is 2.83. The van der Waals surface area contributed by atoms with Gasteiger partial charge >= 0.3 is 0 Å². The van der Waals surface area contributed by atoms with Crippen molar-refractivity contribution in [3.8, 4) is 0 Å². The predicted molar refractivity (Wildman–Crippen MR) is 82.4 cm³/mol. The van der Waals surface area contributed by atoms with Gasteiger partial charge in [0.25, 0.3) is 0 Å². The molecule has 0 aliphatic rings. The fourth-order valence-electron chi connectivity index (χ4n) is 2.11. The first-order valence-corrected chi connectivity index (χ1v) is 7.01. The Balaban J connectivity index is 1.66. The number of anilines is 1. The fourth-order valence-corrected chi connectivity index (χ4v) is 2.51. The first kappa shape index (κ1) is 12.2. The molecule has 3 aromatic rings. The molecule has 0 amide bonds. The zero-order valence-electron chi connectivity index (χ0n) is 10.4. The smallest absolute Gasteiger partial charge is 0.0958 e. The maximum absolute atomic E-state index is 4.39. The summed E-state index contributed by atoms with van der Waals surface area (Å²) in [6.45, 7) is 1.77. The average molecular weight is 316 g/mol. The van der Waals surface area contributed by atoms with Crippen LogP contribution in [0, 0.1) is 0 Å². The highest BCUT2D eigenvalue weighted by molar-refractivity contribution is 9.10. The summed E-state index contributed by atoms with van der Waals surface area (Å²) in [4.78, 5) is 4.39. The van der Waals surface area contributed by atoms with Crippen LogP contribution in [0.25, 0.3) is 11.0 Å². The van der Waals surface area contributed by atoms with Crippen molar-refractivity contribution in [1.82, 2.24) is 9.55 Å². The van der Waals surface area contributed by atoms with Crippen LogP contribution in [0.1, 0.15) is 0 Å². The molecule has 0 saturated heterocycles. The summed E-state index contributed by atoms with van der Waals surface area (Å²) >= 11 is 3.47. The van der Waals surface area contributed by atoms with Gasteiger partial charge in [-0.25, -0.2) is 4.98 Å². The molecule has 4 heteroatoms. The number of hydrogen-bond donors (Lipinski definition) is 1. The number of rotatable bonds is 4. The second-order valence-corrected chi connectivity index (χ2v) is 5.28. The molecule has 3 rings (SSSR count). The highest BCUT2D eigenvalue weighted by Crippen LogP contribution is 2.16. The molecule has 0 fully saturated rings. The minimum atomic E-state index is 0.872. The minimum absolute atomic E-state index is 0.872. The number of fused-ring (bicyclic) bond motifs is 1. The molecule has 0 unspecified atom stereocenters.